The van der Waals surface area contributed by atoms with Crippen LogP contribution in [0.1, 0.15) is 30.6 Å². The Hall–Kier alpha value is -2.60. The van der Waals surface area contributed by atoms with Crippen molar-refractivity contribution in [3.8, 4) is 11.5 Å². The standard InChI is InChI=1S/C20H22N2O3S/c1-4-12-22-17-11-10-16(24-3)13-18(17)26-20(22)21-19(23)14-6-8-15(9-7-14)25-5-2/h6-11,13H,4-5,12H2,1-3H3. The van der Waals surface area contributed by atoms with Gasteiger partial charge in [-0.3, -0.25) is 4.79 Å². The van der Waals surface area contributed by atoms with E-state index in [0.717, 1.165) is 34.7 Å². The highest BCUT2D eigenvalue weighted by Crippen LogP contribution is 2.23. The molecular formula is C20H22N2O3S. The van der Waals surface area contributed by atoms with Crippen molar-refractivity contribution in [2.24, 2.45) is 4.99 Å². The summed E-state index contributed by atoms with van der Waals surface area (Å²) in [6.07, 6.45) is 0.961. The highest BCUT2D eigenvalue weighted by molar-refractivity contribution is 7.16. The van der Waals surface area contributed by atoms with Gasteiger partial charge in [-0.25, -0.2) is 0 Å². The minimum atomic E-state index is -0.253. The van der Waals surface area contributed by atoms with Gasteiger partial charge in [-0.15, -0.1) is 0 Å². The summed E-state index contributed by atoms with van der Waals surface area (Å²) < 4.78 is 13.9. The molecule has 6 heteroatoms. The second kappa shape index (κ2) is 8.19. The highest BCUT2D eigenvalue weighted by atomic mass is 32.1. The van der Waals surface area contributed by atoms with Crippen molar-refractivity contribution < 1.29 is 14.3 Å². The molecule has 1 amide bonds. The number of rotatable bonds is 6. The molecule has 5 nitrogen and oxygen atoms in total. The average Bonchev–Trinajstić information content (AvgIpc) is 2.99. The number of hydrogen-bond acceptors (Lipinski definition) is 4. The molecule has 0 bridgehead atoms. The zero-order valence-electron chi connectivity index (χ0n) is 15.2. The number of fused-ring (bicyclic) bond motifs is 1. The molecule has 136 valence electrons. The second-order valence-corrected chi connectivity index (χ2v) is 6.75. The minimum absolute atomic E-state index is 0.253. The lowest BCUT2D eigenvalue weighted by atomic mass is 10.2. The third-order valence-corrected chi connectivity index (χ3v) is 4.99. The van der Waals surface area contributed by atoms with Crippen molar-refractivity contribution in [2.75, 3.05) is 13.7 Å². The lowest BCUT2D eigenvalue weighted by Crippen LogP contribution is -2.16. The molecule has 0 spiro atoms. The topological polar surface area (TPSA) is 52.8 Å². The van der Waals surface area contributed by atoms with Gasteiger partial charge in [0.05, 0.1) is 23.9 Å². The molecule has 3 aromatic rings. The first kappa shape index (κ1) is 18.2. The van der Waals surface area contributed by atoms with Crippen molar-refractivity contribution in [3.63, 3.8) is 0 Å². The Morgan fingerprint density at radius 2 is 1.85 bits per heavy atom. The Kier molecular flexibility index (Phi) is 5.73. The number of nitrogens with zero attached hydrogens (tertiary/aromatic N) is 2. The first-order valence-electron chi connectivity index (χ1n) is 8.65. The van der Waals surface area contributed by atoms with E-state index in [0.29, 0.717) is 17.0 Å². The van der Waals surface area contributed by atoms with Crippen LogP contribution < -0.4 is 14.3 Å². The van der Waals surface area contributed by atoms with E-state index in [2.05, 4.69) is 16.5 Å². The molecule has 3 rings (SSSR count). The molecule has 1 heterocycles. The maximum Gasteiger partial charge on any atom is 0.279 e. The van der Waals surface area contributed by atoms with E-state index in [1.54, 1.807) is 31.4 Å². The van der Waals surface area contributed by atoms with Crippen LogP contribution in [0, 0.1) is 0 Å². The summed E-state index contributed by atoms with van der Waals surface area (Å²) in [4.78, 5) is 17.7. The van der Waals surface area contributed by atoms with Gasteiger partial charge >= 0.3 is 0 Å². The lowest BCUT2D eigenvalue weighted by Gasteiger charge is -2.04. The zero-order valence-corrected chi connectivity index (χ0v) is 16.0. The van der Waals surface area contributed by atoms with E-state index in [1.807, 2.05) is 25.1 Å². The van der Waals surface area contributed by atoms with Crippen LogP contribution in [0.15, 0.2) is 47.5 Å². The normalized spacial score (nSPS) is 11.7. The number of amides is 1. The van der Waals surface area contributed by atoms with E-state index in [9.17, 15) is 4.79 Å². The summed E-state index contributed by atoms with van der Waals surface area (Å²) in [5, 5.41) is 0. The highest BCUT2D eigenvalue weighted by Gasteiger charge is 2.10. The number of benzene rings is 2. The summed E-state index contributed by atoms with van der Waals surface area (Å²) >= 11 is 1.50. The van der Waals surface area contributed by atoms with Crippen molar-refractivity contribution in [1.29, 1.82) is 0 Å². The van der Waals surface area contributed by atoms with Crippen LogP contribution in [0.3, 0.4) is 0 Å². The molecule has 0 aliphatic rings. The molecule has 1 aromatic heterocycles. The van der Waals surface area contributed by atoms with Gasteiger partial charge in [-0.2, -0.15) is 4.99 Å². The van der Waals surface area contributed by atoms with Gasteiger partial charge in [0.25, 0.3) is 5.91 Å². The lowest BCUT2D eigenvalue weighted by molar-refractivity contribution is 0.0998. The molecule has 0 atom stereocenters. The van der Waals surface area contributed by atoms with Crippen LogP contribution in [-0.2, 0) is 6.54 Å². The molecule has 0 aliphatic carbocycles. The monoisotopic (exact) mass is 370 g/mol. The fourth-order valence-electron chi connectivity index (χ4n) is 2.72. The molecule has 0 fully saturated rings. The summed E-state index contributed by atoms with van der Waals surface area (Å²) in [6.45, 7) is 5.44. The van der Waals surface area contributed by atoms with Crippen LogP contribution in [-0.4, -0.2) is 24.2 Å². The Balaban J connectivity index is 2.01. The van der Waals surface area contributed by atoms with Crippen LogP contribution in [0.2, 0.25) is 0 Å². The molecule has 26 heavy (non-hydrogen) atoms. The molecular weight excluding hydrogens is 348 g/mol. The van der Waals surface area contributed by atoms with Crippen LogP contribution in [0.5, 0.6) is 11.5 Å². The quantitative estimate of drug-likeness (QED) is 0.651. The van der Waals surface area contributed by atoms with Crippen molar-refractivity contribution in [1.82, 2.24) is 4.57 Å². The molecule has 0 N–H and O–H groups in total. The number of aromatic nitrogens is 1. The summed E-state index contributed by atoms with van der Waals surface area (Å²) in [7, 11) is 1.65. The number of ether oxygens (including phenoxy) is 2. The van der Waals surface area contributed by atoms with Crippen LogP contribution >= 0.6 is 11.3 Å². The van der Waals surface area contributed by atoms with Gasteiger partial charge in [-0.1, -0.05) is 18.3 Å². The van der Waals surface area contributed by atoms with E-state index < -0.39 is 0 Å². The summed E-state index contributed by atoms with van der Waals surface area (Å²) in [6, 6.07) is 13.0. The van der Waals surface area contributed by atoms with Gasteiger partial charge in [0.2, 0.25) is 0 Å². The number of carbonyl (C=O) groups excluding carboxylic acids is 1. The molecule has 0 saturated heterocycles. The maximum atomic E-state index is 12.6. The molecule has 0 radical (unpaired) electrons. The molecule has 2 aromatic carbocycles. The third-order valence-electron chi connectivity index (χ3n) is 3.95. The first-order valence-corrected chi connectivity index (χ1v) is 9.47. The fraction of sp³-hybridized carbons (Fsp3) is 0.300. The molecule has 0 aliphatic heterocycles. The third kappa shape index (κ3) is 3.80. The number of methoxy groups -OCH3 is 1. The predicted octanol–water partition coefficient (Wildman–Crippen LogP) is 4.26. The number of aryl methyl sites for hydroxylation is 1. The second-order valence-electron chi connectivity index (χ2n) is 5.74. The van der Waals surface area contributed by atoms with Crippen molar-refractivity contribution >= 4 is 27.5 Å². The Bertz CT molecular complexity index is 971. The largest absolute Gasteiger partial charge is 0.497 e. The van der Waals surface area contributed by atoms with E-state index in [-0.39, 0.29) is 5.91 Å². The van der Waals surface area contributed by atoms with Gasteiger partial charge in [0.1, 0.15) is 11.5 Å². The van der Waals surface area contributed by atoms with E-state index >= 15 is 0 Å². The zero-order chi connectivity index (χ0) is 18.5. The maximum absolute atomic E-state index is 12.6. The van der Waals surface area contributed by atoms with E-state index in [1.165, 1.54) is 11.3 Å². The number of carbonyl (C=O) groups is 1. The number of thiazole rings is 1. The Morgan fingerprint density at radius 3 is 2.50 bits per heavy atom. The van der Waals surface area contributed by atoms with Gasteiger partial charge < -0.3 is 14.0 Å². The van der Waals surface area contributed by atoms with E-state index in [4.69, 9.17) is 9.47 Å². The Labute approximate surface area is 156 Å². The SMILES string of the molecule is CCCn1c(=NC(=O)c2ccc(OCC)cc2)sc2cc(OC)ccc21. The van der Waals surface area contributed by atoms with Gasteiger partial charge in [0.15, 0.2) is 4.80 Å². The summed E-state index contributed by atoms with van der Waals surface area (Å²) in [5.41, 5.74) is 1.61. The molecule has 0 saturated carbocycles. The molecule has 0 unspecified atom stereocenters. The average molecular weight is 370 g/mol. The van der Waals surface area contributed by atoms with Gasteiger partial charge in [0, 0.05) is 12.1 Å². The minimum Gasteiger partial charge on any atom is -0.497 e. The van der Waals surface area contributed by atoms with Crippen LogP contribution in [0.25, 0.3) is 10.2 Å². The van der Waals surface area contributed by atoms with Gasteiger partial charge in [-0.05, 0) is 55.8 Å². The summed E-state index contributed by atoms with van der Waals surface area (Å²) in [5.74, 6) is 1.29. The van der Waals surface area contributed by atoms with Crippen LogP contribution in [0.4, 0.5) is 0 Å². The Morgan fingerprint density at radius 1 is 1.12 bits per heavy atom. The predicted molar refractivity (Wildman–Crippen MR) is 104 cm³/mol. The van der Waals surface area contributed by atoms with Crippen molar-refractivity contribution in [2.45, 2.75) is 26.8 Å². The fourth-order valence-corrected chi connectivity index (χ4v) is 3.80. The first-order chi connectivity index (χ1) is 12.7. The number of hydrogen-bond donors (Lipinski definition) is 0. The smallest absolute Gasteiger partial charge is 0.279 e. The van der Waals surface area contributed by atoms with Crippen molar-refractivity contribution in [3.05, 3.63) is 52.8 Å².